The van der Waals surface area contributed by atoms with Gasteiger partial charge in [0.05, 0.1) is 0 Å². The van der Waals surface area contributed by atoms with Gasteiger partial charge in [-0.2, -0.15) is 0 Å². The molecule has 3 heteroatoms. The van der Waals surface area contributed by atoms with Crippen molar-refractivity contribution in [2.45, 2.75) is 6.92 Å². The zero-order valence-electron chi connectivity index (χ0n) is 10.8. The Labute approximate surface area is 107 Å². The van der Waals surface area contributed by atoms with Crippen molar-refractivity contribution in [1.29, 1.82) is 0 Å². The molecule has 0 atom stereocenters. The van der Waals surface area contributed by atoms with Crippen LogP contribution < -0.4 is 0 Å². The van der Waals surface area contributed by atoms with Crippen molar-refractivity contribution in [3.63, 3.8) is 0 Å². The second kappa shape index (κ2) is 5.00. The molecule has 0 unspecified atom stereocenters. The number of hydrogen-bond donors (Lipinski definition) is 0. The zero-order chi connectivity index (χ0) is 13.1. The molecule has 0 bridgehead atoms. The molecule has 2 rings (SSSR count). The fourth-order valence-corrected chi connectivity index (χ4v) is 1.70. The lowest BCUT2D eigenvalue weighted by Gasteiger charge is -2.10. The Hall–Kier alpha value is -2.16. The van der Waals surface area contributed by atoms with E-state index in [0.29, 0.717) is 5.56 Å². The fraction of sp³-hybridized carbons (Fsp3) is 0.200. The molecular weight excluding hydrogens is 224 g/mol. The number of amides is 1. The average Bonchev–Trinajstić information content (AvgIpc) is 2.39. The third kappa shape index (κ3) is 2.56. The largest absolute Gasteiger partial charge is 0.345 e. The molecule has 3 nitrogen and oxygen atoms in total. The molecule has 0 N–H and O–H groups in total. The van der Waals surface area contributed by atoms with E-state index in [-0.39, 0.29) is 5.91 Å². The van der Waals surface area contributed by atoms with Crippen molar-refractivity contribution >= 4 is 5.91 Å². The second-order valence-electron chi connectivity index (χ2n) is 4.47. The van der Waals surface area contributed by atoms with E-state index in [4.69, 9.17) is 0 Å². The van der Waals surface area contributed by atoms with Crippen LogP contribution in [0.5, 0.6) is 0 Å². The van der Waals surface area contributed by atoms with E-state index in [2.05, 4.69) is 4.98 Å². The smallest absolute Gasteiger partial charge is 0.253 e. The van der Waals surface area contributed by atoms with Crippen LogP contribution in [0, 0.1) is 6.92 Å². The third-order valence-corrected chi connectivity index (χ3v) is 2.78. The summed E-state index contributed by atoms with van der Waals surface area (Å²) >= 11 is 0. The summed E-state index contributed by atoms with van der Waals surface area (Å²) < 4.78 is 0. The van der Waals surface area contributed by atoms with Crippen LogP contribution in [0.25, 0.3) is 11.1 Å². The lowest BCUT2D eigenvalue weighted by molar-refractivity contribution is 0.0827. The standard InChI is InChI=1S/C15H16N2O/c1-11-4-5-14(10-16-11)12-6-8-13(9-7-12)15(18)17(2)3/h4-10H,1-3H3. The van der Waals surface area contributed by atoms with Gasteiger partial charge in [-0.25, -0.2) is 0 Å². The number of hydrogen-bond acceptors (Lipinski definition) is 2. The van der Waals surface area contributed by atoms with Gasteiger partial charge >= 0.3 is 0 Å². The Morgan fingerprint density at radius 3 is 2.11 bits per heavy atom. The molecule has 0 spiro atoms. The molecule has 1 aromatic carbocycles. The minimum Gasteiger partial charge on any atom is -0.345 e. The van der Waals surface area contributed by atoms with Gasteiger partial charge in [0.1, 0.15) is 0 Å². The number of rotatable bonds is 2. The molecule has 1 heterocycles. The van der Waals surface area contributed by atoms with E-state index in [0.717, 1.165) is 16.8 Å². The number of carbonyl (C=O) groups is 1. The summed E-state index contributed by atoms with van der Waals surface area (Å²) in [4.78, 5) is 17.6. The molecule has 0 saturated heterocycles. The molecule has 0 aliphatic heterocycles. The van der Waals surface area contributed by atoms with Gasteiger partial charge in [-0.05, 0) is 30.7 Å². The molecule has 18 heavy (non-hydrogen) atoms. The average molecular weight is 240 g/mol. The maximum Gasteiger partial charge on any atom is 0.253 e. The van der Waals surface area contributed by atoms with Gasteiger partial charge in [0.2, 0.25) is 0 Å². The van der Waals surface area contributed by atoms with Crippen molar-refractivity contribution < 1.29 is 4.79 Å². The SMILES string of the molecule is Cc1ccc(-c2ccc(C(=O)N(C)C)cc2)cn1. The van der Waals surface area contributed by atoms with Crippen LogP contribution in [0.3, 0.4) is 0 Å². The van der Waals surface area contributed by atoms with Crippen LogP contribution in [0.2, 0.25) is 0 Å². The van der Waals surface area contributed by atoms with Crippen LogP contribution >= 0.6 is 0 Å². The first kappa shape index (κ1) is 12.3. The predicted molar refractivity (Wildman–Crippen MR) is 72.4 cm³/mol. The molecule has 1 aromatic heterocycles. The number of carbonyl (C=O) groups excluding carboxylic acids is 1. The Morgan fingerprint density at radius 1 is 1.00 bits per heavy atom. The molecule has 0 aliphatic carbocycles. The molecule has 2 aromatic rings. The van der Waals surface area contributed by atoms with Crippen LogP contribution in [-0.4, -0.2) is 29.9 Å². The van der Waals surface area contributed by atoms with Gasteiger partial charge in [0.15, 0.2) is 0 Å². The molecular formula is C15H16N2O. The Morgan fingerprint density at radius 2 is 1.61 bits per heavy atom. The molecule has 92 valence electrons. The van der Waals surface area contributed by atoms with Crippen molar-refractivity contribution in [3.05, 3.63) is 53.9 Å². The third-order valence-electron chi connectivity index (χ3n) is 2.78. The number of benzene rings is 1. The summed E-state index contributed by atoms with van der Waals surface area (Å²) in [6.07, 6.45) is 1.85. The molecule has 1 amide bonds. The van der Waals surface area contributed by atoms with Crippen LogP contribution in [0.4, 0.5) is 0 Å². The van der Waals surface area contributed by atoms with E-state index < -0.39 is 0 Å². The number of pyridine rings is 1. The number of aromatic nitrogens is 1. The van der Waals surface area contributed by atoms with E-state index in [1.807, 2.05) is 49.5 Å². The van der Waals surface area contributed by atoms with Crippen LogP contribution in [0.1, 0.15) is 16.1 Å². The van der Waals surface area contributed by atoms with E-state index in [1.54, 1.807) is 19.0 Å². The van der Waals surface area contributed by atoms with Gasteiger partial charge in [-0.1, -0.05) is 18.2 Å². The number of nitrogens with zero attached hydrogens (tertiary/aromatic N) is 2. The summed E-state index contributed by atoms with van der Waals surface area (Å²) in [7, 11) is 3.50. The summed E-state index contributed by atoms with van der Waals surface area (Å²) in [5, 5.41) is 0. The second-order valence-corrected chi connectivity index (χ2v) is 4.47. The van der Waals surface area contributed by atoms with Crippen molar-refractivity contribution in [1.82, 2.24) is 9.88 Å². The summed E-state index contributed by atoms with van der Waals surface area (Å²) in [6, 6.07) is 11.6. The summed E-state index contributed by atoms with van der Waals surface area (Å²) in [6.45, 7) is 1.96. The first-order valence-electron chi connectivity index (χ1n) is 5.82. The summed E-state index contributed by atoms with van der Waals surface area (Å²) in [5.41, 5.74) is 3.82. The van der Waals surface area contributed by atoms with E-state index >= 15 is 0 Å². The van der Waals surface area contributed by atoms with Crippen molar-refractivity contribution in [2.24, 2.45) is 0 Å². The monoisotopic (exact) mass is 240 g/mol. The number of aryl methyl sites for hydroxylation is 1. The van der Waals surface area contributed by atoms with Crippen molar-refractivity contribution in [3.8, 4) is 11.1 Å². The Kier molecular flexibility index (Phi) is 3.42. The Bertz CT molecular complexity index is 542. The quantitative estimate of drug-likeness (QED) is 0.808. The first-order valence-corrected chi connectivity index (χ1v) is 5.82. The molecule has 0 aliphatic rings. The highest BCUT2D eigenvalue weighted by atomic mass is 16.2. The highest BCUT2D eigenvalue weighted by molar-refractivity contribution is 5.94. The molecule has 0 saturated carbocycles. The van der Waals surface area contributed by atoms with Gasteiger partial charge in [0.25, 0.3) is 5.91 Å². The minimum atomic E-state index is 0.0172. The van der Waals surface area contributed by atoms with Crippen LogP contribution in [0.15, 0.2) is 42.6 Å². The maximum absolute atomic E-state index is 11.8. The van der Waals surface area contributed by atoms with Gasteiger partial charge in [-0.15, -0.1) is 0 Å². The van der Waals surface area contributed by atoms with E-state index in [1.165, 1.54) is 0 Å². The normalized spacial score (nSPS) is 10.2. The molecule has 0 radical (unpaired) electrons. The topological polar surface area (TPSA) is 33.2 Å². The van der Waals surface area contributed by atoms with Gasteiger partial charge < -0.3 is 4.90 Å². The Balaban J connectivity index is 2.27. The van der Waals surface area contributed by atoms with Gasteiger partial charge in [-0.3, -0.25) is 9.78 Å². The fourth-order valence-electron chi connectivity index (χ4n) is 1.70. The first-order chi connectivity index (χ1) is 8.58. The molecule has 0 fully saturated rings. The predicted octanol–water partition coefficient (Wildman–Crippen LogP) is 2.76. The minimum absolute atomic E-state index is 0.0172. The van der Waals surface area contributed by atoms with Crippen molar-refractivity contribution in [2.75, 3.05) is 14.1 Å². The van der Waals surface area contributed by atoms with Gasteiger partial charge in [0, 0.05) is 37.1 Å². The van der Waals surface area contributed by atoms with E-state index in [9.17, 15) is 4.79 Å². The zero-order valence-corrected chi connectivity index (χ0v) is 10.8. The lowest BCUT2D eigenvalue weighted by Crippen LogP contribution is -2.21. The van der Waals surface area contributed by atoms with Crippen LogP contribution in [-0.2, 0) is 0 Å². The highest BCUT2D eigenvalue weighted by Crippen LogP contribution is 2.19. The lowest BCUT2D eigenvalue weighted by atomic mass is 10.0. The maximum atomic E-state index is 11.8. The summed E-state index contributed by atoms with van der Waals surface area (Å²) in [5.74, 6) is 0.0172. The highest BCUT2D eigenvalue weighted by Gasteiger charge is 2.07.